The number of carbonyl (C=O) groups is 1. The number of alkyl halides is 3. The highest BCUT2D eigenvalue weighted by molar-refractivity contribution is 6.29. The van der Waals surface area contributed by atoms with E-state index in [4.69, 9.17) is 16.7 Å². The van der Waals surface area contributed by atoms with E-state index in [1.54, 1.807) is 6.92 Å². The summed E-state index contributed by atoms with van der Waals surface area (Å²) in [6, 6.07) is 1.43. The number of aliphatic hydroxyl groups is 1. The van der Waals surface area contributed by atoms with Crippen molar-refractivity contribution in [3.8, 4) is 0 Å². The number of aromatic nitrogens is 2. The van der Waals surface area contributed by atoms with Gasteiger partial charge in [-0.2, -0.15) is 18.2 Å². The molecule has 0 radical (unpaired) electrons. The van der Waals surface area contributed by atoms with Crippen LogP contribution in [0.2, 0.25) is 5.15 Å². The first-order chi connectivity index (χ1) is 9.11. The molecule has 0 aliphatic rings. The van der Waals surface area contributed by atoms with Gasteiger partial charge in [-0.1, -0.05) is 11.6 Å². The Balaban J connectivity index is 3.21. The monoisotopic (exact) mass is 307 g/mol. The summed E-state index contributed by atoms with van der Waals surface area (Å²) in [6.07, 6.45) is -4.49. The number of ketones is 1. The minimum atomic E-state index is -5.04. The molecule has 108 valence electrons. The Morgan fingerprint density at radius 2 is 2.05 bits per heavy atom. The van der Waals surface area contributed by atoms with Crippen LogP contribution in [0.4, 0.5) is 19.1 Å². The molecule has 1 N–H and O–H groups in total. The third-order valence-electron chi connectivity index (χ3n) is 2.02. The molecular formula is C11H9ClF3N3O2. The van der Waals surface area contributed by atoms with Crippen molar-refractivity contribution in [2.45, 2.75) is 20.0 Å². The lowest BCUT2D eigenvalue weighted by molar-refractivity contribution is -0.125. The van der Waals surface area contributed by atoms with Crippen LogP contribution in [0.3, 0.4) is 0 Å². The molecule has 9 heteroatoms. The van der Waals surface area contributed by atoms with E-state index in [1.807, 2.05) is 0 Å². The zero-order chi connectivity index (χ0) is 15.5. The standard InChI is InChI=1S/C11H9ClF3N3O2/c1-5-3-8(12)18-10(17-5)16-4-7(6(2)19)9(20)11(13,14)15/h3-4,20H,1-2H3/b9-7-,16-4+. The predicted octanol–water partition coefficient (Wildman–Crippen LogP) is 3.10. The third-order valence-corrected chi connectivity index (χ3v) is 2.22. The molecule has 0 bridgehead atoms. The maximum Gasteiger partial charge on any atom is 0.449 e. The van der Waals surface area contributed by atoms with E-state index in [0.29, 0.717) is 11.9 Å². The minimum Gasteiger partial charge on any atom is -0.504 e. The SMILES string of the molecule is CC(=O)C(/C=N/c1nc(C)cc(Cl)n1)=C(\O)C(F)(F)F. The fourth-order valence-corrected chi connectivity index (χ4v) is 1.40. The molecule has 0 unspecified atom stereocenters. The fourth-order valence-electron chi connectivity index (χ4n) is 1.17. The topological polar surface area (TPSA) is 75.4 Å². The van der Waals surface area contributed by atoms with Gasteiger partial charge < -0.3 is 5.11 Å². The number of rotatable bonds is 3. The van der Waals surface area contributed by atoms with Gasteiger partial charge in [-0.05, 0) is 19.9 Å². The summed E-state index contributed by atoms with van der Waals surface area (Å²) < 4.78 is 37.0. The molecule has 0 aliphatic carbocycles. The average molecular weight is 308 g/mol. The van der Waals surface area contributed by atoms with E-state index < -0.39 is 23.3 Å². The lowest BCUT2D eigenvalue weighted by Gasteiger charge is -2.07. The molecule has 5 nitrogen and oxygen atoms in total. The number of aliphatic hydroxyl groups excluding tert-OH is 1. The van der Waals surface area contributed by atoms with Crippen LogP contribution in [-0.2, 0) is 4.79 Å². The number of Topliss-reactive ketones (excluding diaryl/α,β-unsaturated/α-hetero) is 1. The third kappa shape index (κ3) is 4.30. The number of carbonyl (C=O) groups excluding carboxylic acids is 1. The van der Waals surface area contributed by atoms with Crippen LogP contribution in [-0.4, -0.2) is 33.2 Å². The van der Waals surface area contributed by atoms with Crippen LogP contribution in [0.5, 0.6) is 0 Å². The highest BCUT2D eigenvalue weighted by atomic mass is 35.5. The summed E-state index contributed by atoms with van der Waals surface area (Å²) in [4.78, 5) is 22.1. The van der Waals surface area contributed by atoms with Crippen LogP contribution >= 0.6 is 11.6 Å². The molecule has 0 spiro atoms. The highest BCUT2D eigenvalue weighted by Gasteiger charge is 2.37. The molecule has 0 saturated carbocycles. The summed E-state index contributed by atoms with van der Waals surface area (Å²) in [5.41, 5.74) is -0.538. The van der Waals surface area contributed by atoms with E-state index >= 15 is 0 Å². The van der Waals surface area contributed by atoms with Gasteiger partial charge in [0.15, 0.2) is 5.78 Å². The molecule has 1 rings (SSSR count). The second-order valence-electron chi connectivity index (χ2n) is 3.71. The quantitative estimate of drug-likeness (QED) is 0.403. The maximum atomic E-state index is 12.3. The molecule has 1 aromatic heterocycles. The molecule has 1 aromatic rings. The zero-order valence-electron chi connectivity index (χ0n) is 10.4. The van der Waals surface area contributed by atoms with Crippen molar-refractivity contribution in [3.63, 3.8) is 0 Å². The lowest BCUT2D eigenvalue weighted by Crippen LogP contribution is -2.17. The van der Waals surface area contributed by atoms with Crippen LogP contribution in [0.15, 0.2) is 22.4 Å². The summed E-state index contributed by atoms with van der Waals surface area (Å²) in [6.45, 7) is 2.45. The van der Waals surface area contributed by atoms with Gasteiger partial charge in [0, 0.05) is 11.9 Å². The van der Waals surface area contributed by atoms with Gasteiger partial charge in [0.1, 0.15) is 5.15 Å². The first-order valence-electron chi connectivity index (χ1n) is 5.18. The molecular weight excluding hydrogens is 299 g/mol. The normalized spacial score (nSPS) is 13.5. The molecule has 20 heavy (non-hydrogen) atoms. The van der Waals surface area contributed by atoms with Crippen LogP contribution in [0.1, 0.15) is 12.6 Å². The first-order valence-corrected chi connectivity index (χ1v) is 5.55. The summed E-state index contributed by atoms with van der Waals surface area (Å²) in [5, 5.41) is 9.03. The molecule has 0 aromatic carbocycles. The molecule has 0 saturated heterocycles. The van der Waals surface area contributed by atoms with E-state index in [2.05, 4.69) is 15.0 Å². The average Bonchev–Trinajstić information content (AvgIpc) is 2.25. The Kier molecular flexibility index (Phi) is 4.83. The smallest absolute Gasteiger partial charge is 0.449 e. The van der Waals surface area contributed by atoms with Gasteiger partial charge in [0.05, 0.1) is 5.57 Å². The van der Waals surface area contributed by atoms with Crippen LogP contribution < -0.4 is 0 Å². The Labute approximate surface area is 116 Å². The zero-order valence-corrected chi connectivity index (χ0v) is 11.1. The van der Waals surface area contributed by atoms with Gasteiger partial charge >= 0.3 is 6.18 Å². The second-order valence-corrected chi connectivity index (χ2v) is 4.09. The van der Waals surface area contributed by atoms with Gasteiger partial charge in [0.2, 0.25) is 5.76 Å². The fraction of sp³-hybridized carbons (Fsp3) is 0.273. The Morgan fingerprint density at radius 3 is 2.50 bits per heavy atom. The molecule has 1 heterocycles. The number of aliphatic imine (C=N–C) groups is 1. The minimum absolute atomic E-state index is 0.0537. The van der Waals surface area contributed by atoms with Crippen LogP contribution in [0.25, 0.3) is 0 Å². The molecule has 0 amide bonds. The predicted molar refractivity (Wildman–Crippen MR) is 66.3 cm³/mol. The van der Waals surface area contributed by atoms with Gasteiger partial charge in [-0.25, -0.2) is 9.98 Å². The van der Waals surface area contributed by atoms with Crippen molar-refractivity contribution >= 4 is 29.5 Å². The summed E-state index contributed by atoms with van der Waals surface area (Å²) in [5.74, 6) is -3.24. The summed E-state index contributed by atoms with van der Waals surface area (Å²) in [7, 11) is 0. The number of halogens is 4. The number of allylic oxidation sites excluding steroid dienone is 2. The molecule has 0 atom stereocenters. The van der Waals surface area contributed by atoms with Crippen molar-refractivity contribution in [1.82, 2.24) is 9.97 Å². The van der Waals surface area contributed by atoms with Gasteiger partial charge in [-0.15, -0.1) is 0 Å². The van der Waals surface area contributed by atoms with Gasteiger partial charge in [0.25, 0.3) is 5.95 Å². The summed E-state index contributed by atoms with van der Waals surface area (Å²) >= 11 is 5.63. The maximum absolute atomic E-state index is 12.3. The lowest BCUT2D eigenvalue weighted by atomic mass is 10.1. The first kappa shape index (κ1) is 16.1. The van der Waals surface area contributed by atoms with E-state index in [1.165, 1.54) is 6.07 Å². The van der Waals surface area contributed by atoms with Crippen molar-refractivity contribution in [3.05, 3.63) is 28.2 Å². The van der Waals surface area contributed by atoms with Crippen molar-refractivity contribution in [1.29, 1.82) is 0 Å². The van der Waals surface area contributed by atoms with Crippen molar-refractivity contribution < 1.29 is 23.1 Å². The molecule has 0 fully saturated rings. The van der Waals surface area contributed by atoms with E-state index in [0.717, 1.165) is 6.92 Å². The van der Waals surface area contributed by atoms with Crippen molar-refractivity contribution in [2.24, 2.45) is 4.99 Å². The Morgan fingerprint density at radius 1 is 1.45 bits per heavy atom. The number of hydrogen-bond donors (Lipinski definition) is 1. The number of nitrogens with zero attached hydrogens (tertiary/aromatic N) is 3. The second kappa shape index (κ2) is 6.00. The Bertz CT molecular complexity index is 577. The highest BCUT2D eigenvalue weighted by Crippen LogP contribution is 2.26. The molecule has 0 aliphatic heterocycles. The van der Waals surface area contributed by atoms with Gasteiger partial charge in [-0.3, -0.25) is 4.79 Å². The number of aryl methyl sites for hydroxylation is 1. The van der Waals surface area contributed by atoms with E-state index in [9.17, 15) is 18.0 Å². The van der Waals surface area contributed by atoms with Crippen molar-refractivity contribution in [2.75, 3.05) is 0 Å². The Hall–Kier alpha value is -1.96. The van der Waals surface area contributed by atoms with E-state index in [-0.39, 0.29) is 11.1 Å². The largest absolute Gasteiger partial charge is 0.504 e. The van der Waals surface area contributed by atoms with Crippen LogP contribution in [0, 0.1) is 6.92 Å². The number of hydrogen-bond acceptors (Lipinski definition) is 5.